The fourth-order valence-electron chi connectivity index (χ4n) is 1.64. The van der Waals surface area contributed by atoms with Gasteiger partial charge in [0.05, 0.1) is 22.1 Å². The number of rotatable bonds is 3. The number of anilines is 3. The third kappa shape index (κ3) is 3.16. The van der Waals surface area contributed by atoms with Gasteiger partial charge in [0.1, 0.15) is 4.90 Å². The number of primary sulfonamides is 1. The van der Waals surface area contributed by atoms with Gasteiger partial charge in [-0.2, -0.15) is 0 Å². The normalized spacial score (nSPS) is 11.3. The van der Waals surface area contributed by atoms with Gasteiger partial charge < -0.3 is 11.1 Å². The van der Waals surface area contributed by atoms with Crippen molar-refractivity contribution in [3.05, 3.63) is 46.4 Å². The zero-order valence-corrected chi connectivity index (χ0v) is 12.4. The van der Waals surface area contributed by atoms with Crippen LogP contribution in [0, 0.1) is 0 Å². The topological polar surface area (TPSA) is 98.2 Å². The summed E-state index contributed by atoms with van der Waals surface area (Å²) in [5.41, 5.74) is 6.71. The monoisotopic (exact) mass is 331 g/mol. The Morgan fingerprint density at radius 1 is 1.05 bits per heavy atom. The number of para-hydroxylation sites is 1. The highest BCUT2D eigenvalue weighted by Gasteiger charge is 2.15. The van der Waals surface area contributed by atoms with Gasteiger partial charge in [0.15, 0.2) is 0 Å². The maximum absolute atomic E-state index is 11.4. The second kappa shape index (κ2) is 5.49. The molecule has 0 bridgehead atoms. The minimum atomic E-state index is -3.89. The van der Waals surface area contributed by atoms with Crippen LogP contribution in [-0.2, 0) is 10.0 Å². The summed E-state index contributed by atoms with van der Waals surface area (Å²) >= 11 is 11.9. The van der Waals surface area contributed by atoms with Crippen LogP contribution in [0.3, 0.4) is 0 Å². The van der Waals surface area contributed by atoms with E-state index in [0.717, 1.165) is 0 Å². The van der Waals surface area contributed by atoms with Crippen molar-refractivity contribution in [1.82, 2.24) is 0 Å². The van der Waals surface area contributed by atoms with E-state index < -0.39 is 10.0 Å². The van der Waals surface area contributed by atoms with E-state index in [4.69, 9.17) is 34.1 Å². The lowest BCUT2D eigenvalue weighted by atomic mass is 10.2. The molecule has 0 amide bonds. The van der Waals surface area contributed by atoms with Gasteiger partial charge in [0, 0.05) is 5.02 Å². The molecule has 106 valence electrons. The molecule has 2 rings (SSSR count). The van der Waals surface area contributed by atoms with E-state index in [1.54, 1.807) is 24.3 Å². The smallest absolute Gasteiger partial charge is 0.240 e. The number of hydrogen-bond acceptors (Lipinski definition) is 4. The second-order valence-corrected chi connectivity index (χ2v) is 6.39. The van der Waals surface area contributed by atoms with Crippen molar-refractivity contribution in [2.75, 3.05) is 11.1 Å². The van der Waals surface area contributed by atoms with E-state index in [1.165, 1.54) is 12.1 Å². The Labute approximate surface area is 126 Å². The number of hydrogen-bond donors (Lipinski definition) is 3. The summed E-state index contributed by atoms with van der Waals surface area (Å²) in [7, 11) is -3.89. The second-order valence-electron chi connectivity index (χ2n) is 4.01. The van der Waals surface area contributed by atoms with Crippen LogP contribution >= 0.6 is 23.2 Å². The molecule has 0 atom stereocenters. The average Bonchev–Trinajstić information content (AvgIpc) is 2.35. The number of sulfonamides is 1. The van der Waals surface area contributed by atoms with Crippen LogP contribution in [0.2, 0.25) is 10.0 Å². The summed E-state index contributed by atoms with van der Waals surface area (Å²) in [6.45, 7) is 0. The molecule has 0 aliphatic carbocycles. The first-order chi connectivity index (χ1) is 9.29. The minimum Gasteiger partial charge on any atom is -0.396 e. The van der Waals surface area contributed by atoms with Gasteiger partial charge in [0.2, 0.25) is 10.0 Å². The van der Waals surface area contributed by atoms with E-state index in [-0.39, 0.29) is 10.6 Å². The molecule has 5 nitrogen and oxygen atoms in total. The molecular formula is C12H11Cl2N3O2S. The first kappa shape index (κ1) is 14.9. The molecule has 0 saturated heterocycles. The molecule has 0 aromatic heterocycles. The molecular weight excluding hydrogens is 321 g/mol. The molecule has 2 aromatic rings. The predicted octanol–water partition coefficient (Wildman–Crippen LogP) is 2.97. The zero-order valence-electron chi connectivity index (χ0n) is 10.1. The SMILES string of the molecule is Nc1c(Nc2cc(Cl)ccc2Cl)cccc1S(N)(=O)=O. The molecule has 0 aliphatic rings. The molecule has 0 radical (unpaired) electrons. The zero-order chi connectivity index (χ0) is 14.9. The van der Waals surface area contributed by atoms with Gasteiger partial charge in [-0.25, -0.2) is 13.6 Å². The lowest BCUT2D eigenvalue weighted by molar-refractivity contribution is 0.598. The van der Waals surface area contributed by atoms with Crippen molar-refractivity contribution in [1.29, 1.82) is 0 Å². The highest BCUT2D eigenvalue weighted by molar-refractivity contribution is 7.89. The lowest BCUT2D eigenvalue weighted by Gasteiger charge is -2.13. The molecule has 0 fully saturated rings. The lowest BCUT2D eigenvalue weighted by Crippen LogP contribution is -2.15. The first-order valence-corrected chi connectivity index (χ1v) is 7.72. The average molecular weight is 332 g/mol. The molecule has 0 heterocycles. The summed E-state index contributed by atoms with van der Waals surface area (Å²) in [4.78, 5) is -0.152. The third-order valence-electron chi connectivity index (χ3n) is 2.57. The number of nitrogens with one attached hydrogen (secondary N) is 1. The van der Waals surface area contributed by atoms with Crippen molar-refractivity contribution in [2.45, 2.75) is 4.90 Å². The van der Waals surface area contributed by atoms with Crippen molar-refractivity contribution in [2.24, 2.45) is 5.14 Å². The Bertz CT molecular complexity index is 763. The molecule has 0 spiro atoms. The Morgan fingerprint density at radius 2 is 1.75 bits per heavy atom. The van der Waals surface area contributed by atoms with Crippen LogP contribution in [0.5, 0.6) is 0 Å². The van der Waals surface area contributed by atoms with E-state index in [0.29, 0.717) is 21.4 Å². The van der Waals surface area contributed by atoms with Gasteiger partial charge in [-0.05, 0) is 30.3 Å². The third-order valence-corrected chi connectivity index (χ3v) is 4.10. The van der Waals surface area contributed by atoms with Crippen LogP contribution in [0.4, 0.5) is 17.1 Å². The maximum atomic E-state index is 11.4. The van der Waals surface area contributed by atoms with Crippen LogP contribution in [0.25, 0.3) is 0 Å². The van der Waals surface area contributed by atoms with Gasteiger partial charge in [-0.3, -0.25) is 0 Å². The van der Waals surface area contributed by atoms with Crippen molar-refractivity contribution in [3.63, 3.8) is 0 Å². The summed E-state index contributed by atoms with van der Waals surface area (Å²) < 4.78 is 22.8. The van der Waals surface area contributed by atoms with Crippen molar-refractivity contribution in [3.8, 4) is 0 Å². The van der Waals surface area contributed by atoms with Crippen molar-refractivity contribution >= 4 is 50.3 Å². The molecule has 20 heavy (non-hydrogen) atoms. The molecule has 0 saturated carbocycles. The maximum Gasteiger partial charge on any atom is 0.240 e. The standard InChI is InChI=1S/C12H11Cl2N3O2S/c13-7-4-5-8(14)10(6-7)17-9-2-1-3-11(12(9)15)20(16,18)19/h1-6,17H,15H2,(H2,16,18,19). The van der Waals surface area contributed by atoms with Crippen LogP contribution in [0.1, 0.15) is 0 Å². The number of nitrogens with two attached hydrogens (primary N) is 2. The fourth-order valence-corrected chi connectivity index (χ4v) is 2.66. The highest BCUT2D eigenvalue weighted by atomic mass is 35.5. The number of benzene rings is 2. The number of halogens is 2. The quantitative estimate of drug-likeness (QED) is 0.753. The summed E-state index contributed by atoms with van der Waals surface area (Å²) in [6.07, 6.45) is 0. The van der Waals surface area contributed by atoms with Crippen LogP contribution in [0.15, 0.2) is 41.3 Å². The van der Waals surface area contributed by atoms with E-state index in [2.05, 4.69) is 5.32 Å². The fraction of sp³-hybridized carbons (Fsp3) is 0. The Hall–Kier alpha value is -1.47. The molecule has 2 aromatic carbocycles. The van der Waals surface area contributed by atoms with Gasteiger partial charge in [0.25, 0.3) is 0 Å². The summed E-state index contributed by atoms with van der Waals surface area (Å²) in [5.74, 6) is 0. The van der Waals surface area contributed by atoms with Gasteiger partial charge >= 0.3 is 0 Å². The minimum absolute atomic E-state index is 0.0195. The largest absolute Gasteiger partial charge is 0.396 e. The van der Waals surface area contributed by atoms with E-state index >= 15 is 0 Å². The molecule has 5 N–H and O–H groups in total. The molecule has 0 unspecified atom stereocenters. The molecule has 8 heteroatoms. The van der Waals surface area contributed by atoms with E-state index in [9.17, 15) is 8.42 Å². The Kier molecular flexibility index (Phi) is 4.10. The molecule has 0 aliphatic heterocycles. The van der Waals surface area contributed by atoms with Crippen molar-refractivity contribution < 1.29 is 8.42 Å². The highest BCUT2D eigenvalue weighted by Crippen LogP contribution is 2.32. The van der Waals surface area contributed by atoms with Gasteiger partial charge in [-0.1, -0.05) is 29.3 Å². The Balaban J connectivity index is 2.47. The summed E-state index contributed by atoms with van der Waals surface area (Å²) in [6, 6.07) is 9.33. The summed E-state index contributed by atoms with van der Waals surface area (Å²) in [5, 5.41) is 8.93. The number of nitrogen functional groups attached to an aromatic ring is 1. The van der Waals surface area contributed by atoms with E-state index in [1.807, 2.05) is 0 Å². The Morgan fingerprint density at radius 3 is 2.40 bits per heavy atom. The predicted molar refractivity (Wildman–Crippen MR) is 82.0 cm³/mol. The van der Waals surface area contributed by atoms with Gasteiger partial charge in [-0.15, -0.1) is 0 Å². The van der Waals surface area contributed by atoms with Crippen LogP contribution in [-0.4, -0.2) is 8.42 Å². The van der Waals surface area contributed by atoms with Crippen LogP contribution < -0.4 is 16.2 Å². The first-order valence-electron chi connectivity index (χ1n) is 5.42.